The van der Waals surface area contributed by atoms with Crippen molar-refractivity contribution in [3.8, 4) is 0 Å². The number of aryl methyl sites for hydroxylation is 1. The lowest BCUT2D eigenvalue weighted by Crippen LogP contribution is -2.26. The van der Waals surface area contributed by atoms with Crippen LogP contribution in [0.5, 0.6) is 0 Å². The Hall–Kier alpha value is -1.30. The number of nitrogens with one attached hydrogen (secondary N) is 1. The number of rotatable bonds is 4. The van der Waals surface area contributed by atoms with Crippen molar-refractivity contribution < 1.29 is 13.2 Å². The molecule has 1 aliphatic heterocycles. The van der Waals surface area contributed by atoms with Crippen molar-refractivity contribution in [2.75, 3.05) is 11.5 Å². The van der Waals surface area contributed by atoms with Gasteiger partial charge in [0.15, 0.2) is 9.84 Å². The molecule has 0 radical (unpaired) electrons. The third-order valence-corrected chi connectivity index (χ3v) is 5.16. The molecule has 1 N–H and O–H groups in total. The van der Waals surface area contributed by atoms with Crippen LogP contribution in [0.15, 0.2) is 18.3 Å². The van der Waals surface area contributed by atoms with Crippen molar-refractivity contribution in [3.05, 3.63) is 24.0 Å². The SMILES string of the molecule is Cn1cccc1CNC(=O)CC1CCS(=O)(=O)C1. The highest BCUT2D eigenvalue weighted by molar-refractivity contribution is 7.91. The van der Waals surface area contributed by atoms with Gasteiger partial charge in [-0.1, -0.05) is 0 Å². The summed E-state index contributed by atoms with van der Waals surface area (Å²) in [5.41, 5.74) is 1.03. The van der Waals surface area contributed by atoms with Crippen LogP contribution in [0, 0.1) is 5.92 Å². The number of hydrogen-bond acceptors (Lipinski definition) is 3. The number of amides is 1. The average Bonchev–Trinajstić information content (AvgIpc) is 2.82. The summed E-state index contributed by atoms with van der Waals surface area (Å²) >= 11 is 0. The molecule has 100 valence electrons. The molecule has 2 rings (SSSR count). The molecule has 1 amide bonds. The van der Waals surface area contributed by atoms with Crippen LogP contribution in [0.3, 0.4) is 0 Å². The summed E-state index contributed by atoms with van der Waals surface area (Å²) < 4.78 is 24.5. The first-order valence-corrected chi connectivity index (χ1v) is 7.86. The molecule has 5 nitrogen and oxygen atoms in total. The number of carbonyl (C=O) groups is 1. The molecule has 1 aromatic heterocycles. The van der Waals surface area contributed by atoms with E-state index >= 15 is 0 Å². The maximum Gasteiger partial charge on any atom is 0.220 e. The fourth-order valence-electron chi connectivity index (χ4n) is 2.24. The van der Waals surface area contributed by atoms with Crippen LogP contribution in [-0.2, 0) is 28.2 Å². The summed E-state index contributed by atoms with van der Waals surface area (Å²) in [5.74, 6) is 0.301. The van der Waals surface area contributed by atoms with Gasteiger partial charge in [0.05, 0.1) is 18.1 Å². The van der Waals surface area contributed by atoms with E-state index < -0.39 is 9.84 Å². The second kappa shape index (κ2) is 5.14. The van der Waals surface area contributed by atoms with Crippen LogP contribution in [0.1, 0.15) is 18.5 Å². The highest BCUT2D eigenvalue weighted by atomic mass is 32.2. The summed E-state index contributed by atoms with van der Waals surface area (Å²) in [7, 11) is -0.968. The first-order valence-electron chi connectivity index (χ1n) is 6.03. The van der Waals surface area contributed by atoms with Crippen molar-refractivity contribution in [2.45, 2.75) is 19.4 Å². The normalized spacial score (nSPS) is 21.9. The Morgan fingerprint density at radius 2 is 2.33 bits per heavy atom. The highest BCUT2D eigenvalue weighted by Gasteiger charge is 2.29. The Balaban J connectivity index is 1.78. The van der Waals surface area contributed by atoms with E-state index in [4.69, 9.17) is 0 Å². The maximum absolute atomic E-state index is 11.7. The minimum Gasteiger partial charge on any atom is -0.353 e. The molecule has 0 bridgehead atoms. The molecule has 18 heavy (non-hydrogen) atoms. The minimum absolute atomic E-state index is 0.0107. The molecule has 1 atom stereocenters. The zero-order chi connectivity index (χ0) is 13.2. The standard InChI is InChI=1S/C12H18N2O3S/c1-14-5-2-3-11(14)8-13-12(15)7-10-4-6-18(16,17)9-10/h2-3,5,10H,4,6-9H2,1H3,(H,13,15). The van der Waals surface area contributed by atoms with Gasteiger partial charge in [-0.15, -0.1) is 0 Å². The third kappa shape index (κ3) is 3.35. The maximum atomic E-state index is 11.7. The Bertz CT molecular complexity index is 533. The zero-order valence-corrected chi connectivity index (χ0v) is 11.2. The molecule has 1 saturated heterocycles. The Morgan fingerprint density at radius 1 is 1.56 bits per heavy atom. The monoisotopic (exact) mass is 270 g/mol. The van der Waals surface area contributed by atoms with Crippen LogP contribution in [0.25, 0.3) is 0 Å². The van der Waals surface area contributed by atoms with Gasteiger partial charge in [0.1, 0.15) is 0 Å². The molecular weight excluding hydrogens is 252 g/mol. The van der Waals surface area contributed by atoms with Gasteiger partial charge < -0.3 is 9.88 Å². The van der Waals surface area contributed by atoms with E-state index in [2.05, 4.69) is 5.32 Å². The lowest BCUT2D eigenvalue weighted by atomic mass is 10.1. The third-order valence-electron chi connectivity index (χ3n) is 3.32. The van der Waals surface area contributed by atoms with Gasteiger partial charge in [0, 0.05) is 25.4 Å². The number of sulfone groups is 1. The van der Waals surface area contributed by atoms with E-state index in [1.54, 1.807) is 0 Å². The first kappa shape index (κ1) is 13.1. The van der Waals surface area contributed by atoms with Gasteiger partial charge in [0.25, 0.3) is 0 Å². The lowest BCUT2D eigenvalue weighted by Gasteiger charge is -2.09. The lowest BCUT2D eigenvalue weighted by molar-refractivity contribution is -0.122. The van der Waals surface area contributed by atoms with E-state index in [-0.39, 0.29) is 23.3 Å². The Kier molecular flexibility index (Phi) is 3.75. The van der Waals surface area contributed by atoms with Crippen molar-refractivity contribution in [1.29, 1.82) is 0 Å². The molecule has 0 aromatic carbocycles. The summed E-state index contributed by atoms with van der Waals surface area (Å²) in [6.07, 6.45) is 2.84. The number of nitrogens with zero attached hydrogens (tertiary/aromatic N) is 1. The fourth-order valence-corrected chi connectivity index (χ4v) is 4.10. The van der Waals surface area contributed by atoms with E-state index in [1.165, 1.54) is 0 Å². The van der Waals surface area contributed by atoms with E-state index in [1.807, 2.05) is 29.9 Å². The fraction of sp³-hybridized carbons (Fsp3) is 0.583. The Morgan fingerprint density at radius 3 is 2.89 bits per heavy atom. The van der Waals surface area contributed by atoms with Gasteiger partial charge in [0.2, 0.25) is 5.91 Å². The molecule has 1 aromatic rings. The molecule has 0 aliphatic carbocycles. The molecular formula is C12H18N2O3S. The van der Waals surface area contributed by atoms with E-state index in [0.717, 1.165) is 5.69 Å². The van der Waals surface area contributed by atoms with Crippen LogP contribution in [0.2, 0.25) is 0 Å². The van der Waals surface area contributed by atoms with Crippen molar-refractivity contribution in [2.24, 2.45) is 13.0 Å². The van der Waals surface area contributed by atoms with Gasteiger partial charge in [-0.3, -0.25) is 4.79 Å². The van der Waals surface area contributed by atoms with Crippen LogP contribution < -0.4 is 5.32 Å². The predicted octanol–water partition coefficient (Wildman–Crippen LogP) is 0.466. The zero-order valence-electron chi connectivity index (χ0n) is 10.4. The summed E-state index contributed by atoms with van der Waals surface area (Å²) in [5, 5.41) is 2.83. The van der Waals surface area contributed by atoms with Gasteiger partial charge in [-0.2, -0.15) is 0 Å². The number of aromatic nitrogens is 1. The van der Waals surface area contributed by atoms with E-state index in [0.29, 0.717) is 19.4 Å². The van der Waals surface area contributed by atoms with Gasteiger partial charge >= 0.3 is 0 Å². The minimum atomic E-state index is -2.89. The number of carbonyl (C=O) groups excluding carboxylic acids is 1. The highest BCUT2D eigenvalue weighted by Crippen LogP contribution is 2.21. The summed E-state index contributed by atoms with van der Waals surface area (Å²) in [4.78, 5) is 11.7. The molecule has 2 heterocycles. The molecule has 1 unspecified atom stereocenters. The molecule has 1 aliphatic rings. The predicted molar refractivity (Wildman–Crippen MR) is 68.6 cm³/mol. The van der Waals surface area contributed by atoms with Crippen LogP contribution in [0.4, 0.5) is 0 Å². The second-order valence-electron chi connectivity index (χ2n) is 4.86. The molecule has 0 saturated carbocycles. The van der Waals surface area contributed by atoms with Crippen molar-refractivity contribution in [3.63, 3.8) is 0 Å². The quantitative estimate of drug-likeness (QED) is 0.864. The smallest absolute Gasteiger partial charge is 0.220 e. The van der Waals surface area contributed by atoms with Gasteiger partial charge in [-0.05, 0) is 24.5 Å². The number of hydrogen-bond donors (Lipinski definition) is 1. The molecule has 6 heteroatoms. The Labute approximate surface area is 107 Å². The topological polar surface area (TPSA) is 68.2 Å². The summed E-state index contributed by atoms with van der Waals surface area (Å²) in [6, 6.07) is 3.87. The van der Waals surface area contributed by atoms with E-state index in [9.17, 15) is 13.2 Å². The van der Waals surface area contributed by atoms with Crippen LogP contribution in [-0.4, -0.2) is 30.4 Å². The second-order valence-corrected chi connectivity index (χ2v) is 7.09. The largest absolute Gasteiger partial charge is 0.353 e. The molecule has 1 fully saturated rings. The first-order chi connectivity index (χ1) is 8.46. The van der Waals surface area contributed by atoms with Gasteiger partial charge in [-0.25, -0.2) is 8.42 Å². The average molecular weight is 270 g/mol. The molecule has 0 spiro atoms. The van der Waals surface area contributed by atoms with Crippen LogP contribution >= 0.6 is 0 Å². The summed E-state index contributed by atoms with van der Waals surface area (Å²) in [6.45, 7) is 0.488. The van der Waals surface area contributed by atoms with Crippen molar-refractivity contribution >= 4 is 15.7 Å². The van der Waals surface area contributed by atoms with Crippen molar-refractivity contribution in [1.82, 2.24) is 9.88 Å².